The maximum atomic E-state index is 12.0. The molecule has 2 unspecified atom stereocenters. The third-order valence-electron chi connectivity index (χ3n) is 3.81. The molecule has 0 aromatic heterocycles. The van der Waals surface area contributed by atoms with Gasteiger partial charge in [-0.15, -0.1) is 0 Å². The fourth-order valence-corrected chi connectivity index (χ4v) is 3.24. The Morgan fingerprint density at radius 3 is 2.80 bits per heavy atom. The van der Waals surface area contributed by atoms with E-state index in [-0.39, 0.29) is 23.5 Å². The molecule has 118 valence electrons. The lowest BCUT2D eigenvalue weighted by Crippen LogP contribution is -2.48. The molecule has 0 aliphatic carbocycles. The molecule has 3 atom stereocenters. The van der Waals surface area contributed by atoms with Crippen molar-refractivity contribution < 1.29 is 9.53 Å². The van der Waals surface area contributed by atoms with E-state index >= 15 is 0 Å². The molecule has 4 nitrogen and oxygen atoms in total. The van der Waals surface area contributed by atoms with E-state index in [1.165, 1.54) is 0 Å². The molecule has 20 heavy (non-hydrogen) atoms. The van der Waals surface area contributed by atoms with Crippen molar-refractivity contribution in [2.75, 3.05) is 25.2 Å². The van der Waals surface area contributed by atoms with Crippen molar-refractivity contribution in [1.82, 2.24) is 5.32 Å². The summed E-state index contributed by atoms with van der Waals surface area (Å²) in [4.78, 5) is 12.0. The Kier molecular flexibility index (Phi) is 7.34. The van der Waals surface area contributed by atoms with Crippen LogP contribution < -0.4 is 11.1 Å². The van der Waals surface area contributed by atoms with E-state index in [2.05, 4.69) is 26.1 Å². The van der Waals surface area contributed by atoms with Crippen molar-refractivity contribution in [3.05, 3.63) is 0 Å². The minimum Gasteiger partial charge on any atom is -0.377 e. The molecule has 1 aliphatic rings. The first-order valence-electron chi connectivity index (χ1n) is 7.50. The Hall–Kier alpha value is -0.260. The molecule has 1 fully saturated rings. The van der Waals surface area contributed by atoms with Crippen LogP contribution in [0.3, 0.4) is 0 Å². The van der Waals surface area contributed by atoms with Gasteiger partial charge in [-0.05, 0) is 36.7 Å². The highest BCUT2D eigenvalue weighted by atomic mass is 32.2. The molecule has 0 radical (unpaired) electrons. The predicted molar refractivity (Wildman–Crippen MR) is 85.9 cm³/mol. The van der Waals surface area contributed by atoms with Crippen molar-refractivity contribution in [3.63, 3.8) is 0 Å². The lowest BCUT2D eigenvalue weighted by molar-refractivity contribution is -0.124. The minimum absolute atomic E-state index is 0.0303. The molecule has 1 rings (SSSR count). The standard InChI is InChI=1S/C15H30N2O2S/c1-15(2,3)13-11(6-5-8-19-13)10-17-14(18)12(16)7-9-20-4/h11-13H,5-10,16H2,1-4H3,(H,17,18)/t11?,12-,13?/m0/s1. The zero-order valence-corrected chi connectivity index (χ0v) is 14.1. The Bertz CT molecular complexity index is 305. The summed E-state index contributed by atoms with van der Waals surface area (Å²) in [6, 6.07) is -0.389. The van der Waals surface area contributed by atoms with Crippen LogP contribution in [0.2, 0.25) is 0 Å². The Balaban J connectivity index is 2.44. The maximum Gasteiger partial charge on any atom is 0.236 e. The second kappa shape index (κ2) is 8.25. The number of amides is 1. The number of carbonyl (C=O) groups is 1. The van der Waals surface area contributed by atoms with Gasteiger partial charge in [0.25, 0.3) is 0 Å². The van der Waals surface area contributed by atoms with Gasteiger partial charge in [-0.1, -0.05) is 20.8 Å². The highest BCUT2D eigenvalue weighted by Gasteiger charge is 2.35. The number of nitrogens with one attached hydrogen (secondary N) is 1. The smallest absolute Gasteiger partial charge is 0.236 e. The Morgan fingerprint density at radius 2 is 2.20 bits per heavy atom. The monoisotopic (exact) mass is 302 g/mol. The van der Waals surface area contributed by atoms with Crippen LogP contribution in [0.15, 0.2) is 0 Å². The molecule has 1 amide bonds. The van der Waals surface area contributed by atoms with Gasteiger partial charge in [0.15, 0.2) is 0 Å². The van der Waals surface area contributed by atoms with Crippen molar-refractivity contribution >= 4 is 17.7 Å². The third-order valence-corrected chi connectivity index (χ3v) is 4.45. The number of ether oxygens (including phenoxy) is 1. The molecule has 5 heteroatoms. The third kappa shape index (κ3) is 5.62. The average Bonchev–Trinajstić information content (AvgIpc) is 2.41. The number of rotatable bonds is 6. The van der Waals surface area contributed by atoms with Gasteiger partial charge in [0.1, 0.15) is 0 Å². The number of hydrogen-bond acceptors (Lipinski definition) is 4. The Morgan fingerprint density at radius 1 is 1.50 bits per heavy atom. The zero-order chi connectivity index (χ0) is 15.2. The quantitative estimate of drug-likeness (QED) is 0.788. The fourth-order valence-electron chi connectivity index (χ4n) is 2.75. The molecule has 0 saturated carbocycles. The highest BCUT2D eigenvalue weighted by molar-refractivity contribution is 7.98. The van der Waals surface area contributed by atoms with E-state index in [4.69, 9.17) is 10.5 Å². The van der Waals surface area contributed by atoms with E-state index < -0.39 is 0 Å². The highest BCUT2D eigenvalue weighted by Crippen LogP contribution is 2.33. The largest absolute Gasteiger partial charge is 0.377 e. The first-order valence-corrected chi connectivity index (χ1v) is 8.89. The molecule has 1 aliphatic heterocycles. The Labute approximate surface area is 127 Å². The first kappa shape index (κ1) is 17.8. The number of nitrogens with two attached hydrogens (primary N) is 1. The van der Waals surface area contributed by atoms with Gasteiger partial charge in [0.05, 0.1) is 12.1 Å². The summed E-state index contributed by atoms with van der Waals surface area (Å²) in [6.45, 7) is 8.10. The normalized spacial score (nSPS) is 25.2. The summed E-state index contributed by atoms with van der Waals surface area (Å²) >= 11 is 1.72. The first-order chi connectivity index (χ1) is 9.36. The van der Waals surface area contributed by atoms with E-state index in [1.807, 2.05) is 6.26 Å². The van der Waals surface area contributed by atoms with Gasteiger partial charge in [-0.25, -0.2) is 0 Å². The van der Waals surface area contributed by atoms with Crippen LogP contribution in [0, 0.1) is 11.3 Å². The lowest BCUT2D eigenvalue weighted by atomic mass is 9.78. The van der Waals surface area contributed by atoms with Crippen molar-refractivity contribution in [2.24, 2.45) is 17.1 Å². The van der Waals surface area contributed by atoms with Gasteiger partial charge in [0, 0.05) is 19.1 Å². The van der Waals surface area contributed by atoms with Crippen LogP contribution in [0.4, 0.5) is 0 Å². The van der Waals surface area contributed by atoms with Gasteiger partial charge >= 0.3 is 0 Å². The summed E-state index contributed by atoms with van der Waals surface area (Å²) in [7, 11) is 0. The fraction of sp³-hybridized carbons (Fsp3) is 0.933. The molecular weight excluding hydrogens is 272 g/mol. The summed E-state index contributed by atoms with van der Waals surface area (Å²) in [5.74, 6) is 1.28. The zero-order valence-electron chi connectivity index (χ0n) is 13.3. The summed E-state index contributed by atoms with van der Waals surface area (Å²) < 4.78 is 5.93. The molecule has 0 aromatic carbocycles. The van der Waals surface area contributed by atoms with Crippen LogP contribution in [-0.2, 0) is 9.53 Å². The molecule has 0 bridgehead atoms. The van der Waals surface area contributed by atoms with Crippen LogP contribution in [0.5, 0.6) is 0 Å². The molecule has 1 heterocycles. The molecule has 0 spiro atoms. The second-order valence-corrected chi connectivity index (χ2v) is 7.68. The molecular formula is C15H30N2O2S. The van der Waals surface area contributed by atoms with E-state index in [0.717, 1.165) is 31.6 Å². The molecule has 3 N–H and O–H groups in total. The van der Waals surface area contributed by atoms with E-state index in [9.17, 15) is 4.79 Å². The average molecular weight is 302 g/mol. The predicted octanol–water partition coefficient (Wildman–Crippen LogP) is 2.02. The lowest BCUT2D eigenvalue weighted by Gasteiger charge is -2.40. The number of carbonyl (C=O) groups excluding carboxylic acids is 1. The summed E-state index contributed by atoms with van der Waals surface area (Å²) in [6.07, 6.45) is 5.15. The number of thioether (sulfide) groups is 1. The van der Waals surface area contributed by atoms with Crippen LogP contribution in [0.1, 0.15) is 40.0 Å². The molecule has 0 aromatic rings. The van der Waals surface area contributed by atoms with E-state index in [0.29, 0.717) is 12.5 Å². The van der Waals surface area contributed by atoms with Crippen LogP contribution >= 0.6 is 11.8 Å². The van der Waals surface area contributed by atoms with Crippen LogP contribution in [-0.4, -0.2) is 43.2 Å². The number of hydrogen-bond donors (Lipinski definition) is 2. The van der Waals surface area contributed by atoms with Gasteiger partial charge in [0.2, 0.25) is 5.91 Å². The SMILES string of the molecule is CSCC[C@H](N)C(=O)NCC1CCCOC1C(C)(C)C. The minimum atomic E-state index is -0.389. The van der Waals surface area contributed by atoms with Gasteiger partial charge in [-0.3, -0.25) is 4.79 Å². The van der Waals surface area contributed by atoms with Gasteiger partial charge in [-0.2, -0.15) is 11.8 Å². The van der Waals surface area contributed by atoms with Crippen molar-refractivity contribution in [1.29, 1.82) is 0 Å². The van der Waals surface area contributed by atoms with Crippen molar-refractivity contribution in [2.45, 2.75) is 52.2 Å². The van der Waals surface area contributed by atoms with Crippen molar-refractivity contribution in [3.8, 4) is 0 Å². The van der Waals surface area contributed by atoms with Gasteiger partial charge < -0.3 is 15.8 Å². The van der Waals surface area contributed by atoms with Crippen LogP contribution in [0.25, 0.3) is 0 Å². The summed E-state index contributed by atoms with van der Waals surface area (Å²) in [5, 5.41) is 3.01. The topological polar surface area (TPSA) is 64.4 Å². The second-order valence-electron chi connectivity index (χ2n) is 6.69. The van der Waals surface area contributed by atoms with E-state index in [1.54, 1.807) is 11.8 Å². The summed E-state index contributed by atoms with van der Waals surface area (Å²) in [5.41, 5.74) is 5.99. The molecule has 1 saturated heterocycles. The maximum absolute atomic E-state index is 12.0.